The molecule has 0 fully saturated rings. The number of aryl methyl sites for hydroxylation is 1. The first-order valence-corrected chi connectivity index (χ1v) is 8.49. The number of hydrogen-bond donors (Lipinski definition) is 2. The van der Waals surface area contributed by atoms with E-state index in [-0.39, 0.29) is 12.1 Å². The summed E-state index contributed by atoms with van der Waals surface area (Å²) in [7, 11) is 1.58. The molecule has 0 bridgehead atoms. The van der Waals surface area contributed by atoms with Crippen LogP contribution in [0.25, 0.3) is 0 Å². The number of anilines is 1. The van der Waals surface area contributed by atoms with Crippen LogP contribution in [0.5, 0.6) is 5.75 Å². The molecule has 0 unspecified atom stereocenters. The summed E-state index contributed by atoms with van der Waals surface area (Å²) in [5.74, 6) is 0.620. The van der Waals surface area contributed by atoms with E-state index in [1.807, 2.05) is 79.7 Å². The lowest BCUT2D eigenvalue weighted by Crippen LogP contribution is -2.33. The van der Waals surface area contributed by atoms with E-state index in [1.165, 1.54) is 0 Å². The van der Waals surface area contributed by atoms with Gasteiger partial charge in [-0.25, -0.2) is 4.79 Å². The van der Waals surface area contributed by atoms with Crippen molar-refractivity contribution < 1.29 is 9.53 Å². The number of nitrogens with one attached hydrogen (secondary N) is 2. The molecule has 0 saturated heterocycles. The van der Waals surface area contributed by atoms with E-state index < -0.39 is 0 Å². The lowest BCUT2D eigenvalue weighted by atomic mass is 9.97. The third-order valence-corrected chi connectivity index (χ3v) is 4.14. The molecule has 132 valence electrons. The highest BCUT2D eigenvalue weighted by atomic mass is 16.5. The fraction of sp³-hybridized carbons (Fsp3) is 0.136. The number of methoxy groups -OCH3 is 1. The molecule has 0 aliphatic rings. The third kappa shape index (κ3) is 4.22. The monoisotopic (exact) mass is 346 g/mol. The van der Waals surface area contributed by atoms with E-state index in [0.717, 1.165) is 16.7 Å². The first kappa shape index (κ1) is 17.5. The second-order valence-corrected chi connectivity index (χ2v) is 6.06. The maximum absolute atomic E-state index is 12.6. The lowest BCUT2D eigenvalue weighted by Gasteiger charge is -2.21. The molecule has 0 aliphatic heterocycles. The molecule has 4 nitrogen and oxygen atoms in total. The van der Waals surface area contributed by atoms with Gasteiger partial charge in [-0.2, -0.15) is 0 Å². The Kier molecular flexibility index (Phi) is 5.54. The summed E-state index contributed by atoms with van der Waals surface area (Å²) in [5.41, 5.74) is 3.83. The number of rotatable bonds is 5. The summed E-state index contributed by atoms with van der Waals surface area (Å²) < 4.78 is 5.29. The minimum atomic E-state index is -0.287. The van der Waals surface area contributed by atoms with Gasteiger partial charge in [0.15, 0.2) is 0 Å². The number of urea groups is 1. The molecule has 0 aromatic heterocycles. The minimum absolute atomic E-state index is 0.245. The van der Waals surface area contributed by atoms with Gasteiger partial charge in [0.25, 0.3) is 0 Å². The van der Waals surface area contributed by atoms with Crippen molar-refractivity contribution in [2.24, 2.45) is 0 Å². The third-order valence-electron chi connectivity index (χ3n) is 4.14. The van der Waals surface area contributed by atoms with Crippen molar-refractivity contribution in [3.05, 3.63) is 95.6 Å². The summed E-state index contributed by atoms with van der Waals surface area (Å²) in [4.78, 5) is 12.6. The Morgan fingerprint density at radius 2 is 1.58 bits per heavy atom. The van der Waals surface area contributed by atoms with Crippen LogP contribution in [0.4, 0.5) is 10.5 Å². The van der Waals surface area contributed by atoms with Crippen LogP contribution >= 0.6 is 0 Å². The molecule has 2 N–H and O–H groups in total. The highest BCUT2D eigenvalue weighted by Crippen LogP contribution is 2.25. The quantitative estimate of drug-likeness (QED) is 0.689. The van der Waals surface area contributed by atoms with Crippen LogP contribution in [0.2, 0.25) is 0 Å². The van der Waals surface area contributed by atoms with Gasteiger partial charge in [-0.15, -0.1) is 0 Å². The first-order chi connectivity index (χ1) is 12.7. The van der Waals surface area contributed by atoms with Gasteiger partial charge in [-0.1, -0.05) is 72.3 Å². The number of carbonyl (C=O) groups is 1. The largest absolute Gasteiger partial charge is 0.495 e. The first-order valence-electron chi connectivity index (χ1n) is 8.49. The summed E-state index contributed by atoms with van der Waals surface area (Å²) in [6, 6.07) is 24.9. The van der Waals surface area contributed by atoms with E-state index in [9.17, 15) is 4.79 Å². The Bertz CT molecular complexity index is 878. The Morgan fingerprint density at radius 1 is 0.885 bits per heavy atom. The maximum Gasteiger partial charge on any atom is 0.320 e. The maximum atomic E-state index is 12.6. The fourth-order valence-electron chi connectivity index (χ4n) is 2.89. The van der Waals surface area contributed by atoms with Gasteiger partial charge >= 0.3 is 6.03 Å². The predicted molar refractivity (Wildman–Crippen MR) is 105 cm³/mol. The standard InChI is InChI=1S/C22H22N2O2/c1-16-9-8-12-18(15-16)21(17-10-4-3-5-11-17)24-22(25)23-19-13-6-7-14-20(19)26-2/h3-15,21H,1-2H3,(H2,23,24,25)/t21-/m0/s1. The lowest BCUT2D eigenvalue weighted by molar-refractivity contribution is 0.250. The van der Waals surface area contributed by atoms with Crippen LogP contribution in [-0.4, -0.2) is 13.1 Å². The number of ether oxygens (including phenoxy) is 1. The molecule has 3 aromatic carbocycles. The molecule has 1 atom stereocenters. The van der Waals surface area contributed by atoms with E-state index in [2.05, 4.69) is 16.7 Å². The van der Waals surface area contributed by atoms with Crippen molar-refractivity contribution in [3.63, 3.8) is 0 Å². The zero-order chi connectivity index (χ0) is 18.4. The number of amides is 2. The molecule has 0 spiro atoms. The van der Waals surface area contributed by atoms with Crippen molar-refractivity contribution in [1.82, 2.24) is 5.32 Å². The van der Waals surface area contributed by atoms with Gasteiger partial charge in [0.1, 0.15) is 5.75 Å². The number of benzene rings is 3. The van der Waals surface area contributed by atoms with Crippen molar-refractivity contribution in [2.75, 3.05) is 12.4 Å². The van der Waals surface area contributed by atoms with Gasteiger partial charge in [0.05, 0.1) is 18.8 Å². The molecular weight excluding hydrogens is 324 g/mol. The fourth-order valence-corrected chi connectivity index (χ4v) is 2.89. The van der Waals surface area contributed by atoms with Crippen molar-refractivity contribution in [3.8, 4) is 5.75 Å². The summed E-state index contributed by atoms with van der Waals surface area (Å²) >= 11 is 0. The van der Waals surface area contributed by atoms with Gasteiger partial charge in [-0.3, -0.25) is 0 Å². The SMILES string of the molecule is COc1ccccc1NC(=O)N[C@@H](c1ccccc1)c1cccc(C)c1. The highest BCUT2D eigenvalue weighted by molar-refractivity contribution is 5.91. The number of para-hydroxylation sites is 2. The van der Waals surface area contributed by atoms with Crippen LogP contribution < -0.4 is 15.4 Å². The summed E-state index contributed by atoms with van der Waals surface area (Å²) in [6.07, 6.45) is 0. The Labute approximate surface area is 153 Å². The predicted octanol–water partition coefficient (Wildman–Crippen LogP) is 4.91. The van der Waals surface area contributed by atoms with Gasteiger partial charge in [0.2, 0.25) is 0 Å². The zero-order valence-electron chi connectivity index (χ0n) is 14.9. The number of hydrogen-bond acceptors (Lipinski definition) is 2. The zero-order valence-corrected chi connectivity index (χ0v) is 14.9. The van der Waals surface area contributed by atoms with Crippen molar-refractivity contribution in [1.29, 1.82) is 0 Å². The van der Waals surface area contributed by atoms with Crippen LogP contribution in [0, 0.1) is 6.92 Å². The molecule has 0 heterocycles. The van der Waals surface area contributed by atoms with Gasteiger partial charge in [-0.05, 0) is 30.2 Å². The Morgan fingerprint density at radius 3 is 2.31 bits per heavy atom. The Balaban J connectivity index is 1.85. The van der Waals surface area contributed by atoms with Crippen LogP contribution in [0.3, 0.4) is 0 Å². The molecule has 0 saturated carbocycles. The molecule has 3 rings (SSSR count). The van der Waals surface area contributed by atoms with Gasteiger partial charge in [0, 0.05) is 0 Å². The smallest absolute Gasteiger partial charge is 0.320 e. The van der Waals surface area contributed by atoms with Crippen LogP contribution in [0.1, 0.15) is 22.7 Å². The average Bonchev–Trinajstić information content (AvgIpc) is 2.67. The molecule has 0 aliphatic carbocycles. The molecule has 4 heteroatoms. The number of carbonyl (C=O) groups excluding carboxylic acids is 1. The molecular formula is C22H22N2O2. The van der Waals surface area contributed by atoms with E-state index in [1.54, 1.807) is 7.11 Å². The summed E-state index contributed by atoms with van der Waals surface area (Å²) in [5, 5.41) is 5.94. The topological polar surface area (TPSA) is 50.4 Å². The second kappa shape index (κ2) is 8.21. The second-order valence-electron chi connectivity index (χ2n) is 6.06. The van der Waals surface area contributed by atoms with Crippen molar-refractivity contribution in [2.45, 2.75) is 13.0 Å². The average molecular weight is 346 g/mol. The van der Waals surface area contributed by atoms with Crippen molar-refractivity contribution >= 4 is 11.7 Å². The molecule has 2 amide bonds. The highest BCUT2D eigenvalue weighted by Gasteiger charge is 2.17. The summed E-state index contributed by atoms with van der Waals surface area (Å²) in [6.45, 7) is 2.04. The van der Waals surface area contributed by atoms with E-state index in [0.29, 0.717) is 11.4 Å². The van der Waals surface area contributed by atoms with Crippen LogP contribution in [-0.2, 0) is 0 Å². The Hall–Kier alpha value is -3.27. The van der Waals surface area contributed by atoms with Crippen LogP contribution in [0.15, 0.2) is 78.9 Å². The normalized spacial score (nSPS) is 11.5. The molecule has 3 aromatic rings. The molecule has 26 heavy (non-hydrogen) atoms. The molecule has 0 radical (unpaired) electrons. The van der Waals surface area contributed by atoms with E-state index in [4.69, 9.17) is 4.74 Å². The minimum Gasteiger partial charge on any atom is -0.495 e. The van der Waals surface area contributed by atoms with E-state index >= 15 is 0 Å². The van der Waals surface area contributed by atoms with Gasteiger partial charge < -0.3 is 15.4 Å².